The van der Waals surface area contributed by atoms with E-state index >= 15 is 0 Å². The Morgan fingerprint density at radius 3 is 2.84 bits per heavy atom. The Hall–Kier alpha value is -1.75. The van der Waals surface area contributed by atoms with Crippen LogP contribution < -0.4 is 0 Å². The molecule has 1 atom stereocenters. The molecule has 0 saturated heterocycles. The van der Waals surface area contributed by atoms with Crippen molar-refractivity contribution in [1.82, 2.24) is 9.78 Å². The molecule has 0 radical (unpaired) electrons. The lowest BCUT2D eigenvalue weighted by atomic mass is 10.2. The van der Waals surface area contributed by atoms with Gasteiger partial charge in [0.25, 0.3) is 0 Å². The number of para-hydroxylation sites is 1. The van der Waals surface area contributed by atoms with Crippen LogP contribution in [0.4, 0.5) is 0 Å². The van der Waals surface area contributed by atoms with E-state index in [-0.39, 0.29) is 5.92 Å². The average Bonchev–Trinajstić information content (AvgIpc) is 2.88. The number of carbonyl (C=O) groups is 1. The molecule has 0 aliphatic rings. The van der Waals surface area contributed by atoms with Crippen molar-refractivity contribution < 1.29 is 9.90 Å². The van der Waals surface area contributed by atoms with Crippen LogP contribution in [0.5, 0.6) is 0 Å². The highest BCUT2D eigenvalue weighted by molar-refractivity contribution is 7.98. The Labute approximate surface area is 116 Å². The highest BCUT2D eigenvalue weighted by atomic mass is 32.2. The zero-order valence-electron chi connectivity index (χ0n) is 10.7. The van der Waals surface area contributed by atoms with Gasteiger partial charge in [-0.05, 0) is 12.1 Å². The van der Waals surface area contributed by atoms with E-state index in [0.717, 1.165) is 17.0 Å². The molecule has 0 aliphatic heterocycles. The molecule has 1 aromatic heterocycles. The summed E-state index contributed by atoms with van der Waals surface area (Å²) in [6.07, 6.45) is 3.80. The van der Waals surface area contributed by atoms with E-state index in [1.807, 2.05) is 47.4 Å². The highest BCUT2D eigenvalue weighted by Gasteiger charge is 2.10. The Kier molecular flexibility index (Phi) is 4.63. The minimum absolute atomic E-state index is 0.311. The summed E-state index contributed by atoms with van der Waals surface area (Å²) in [6.45, 7) is 1.72. The minimum Gasteiger partial charge on any atom is -0.481 e. The molecule has 1 unspecified atom stereocenters. The standard InChI is InChI=1S/C14H16N2O2S/c1-11(14(17)18)9-19-10-12-7-15-16(8-12)13-5-3-2-4-6-13/h2-8,11H,9-10H2,1H3,(H,17,18). The van der Waals surface area contributed by atoms with Crippen molar-refractivity contribution in [3.63, 3.8) is 0 Å². The quantitative estimate of drug-likeness (QED) is 0.881. The number of thioether (sulfide) groups is 1. The molecule has 1 aromatic carbocycles. The van der Waals surface area contributed by atoms with Gasteiger partial charge >= 0.3 is 5.97 Å². The van der Waals surface area contributed by atoms with Gasteiger partial charge in [-0.15, -0.1) is 0 Å². The summed E-state index contributed by atoms with van der Waals surface area (Å²) in [5.74, 6) is 0.345. The first-order valence-corrected chi connectivity index (χ1v) is 7.22. The number of nitrogens with zero attached hydrogens (tertiary/aromatic N) is 2. The predicted molar refractivity (Wildman–Crippen MR) is 76.5 cm³/mol. The molecule has 0 spiro atoms. The smallest absolute Gasteiger partial charge is 0.307 e. The summed E-state index contributed by atoms with van der Waals surface area (Å²) in [5, 5.41) is 13.1. The van der Waals surface area contributed by atoms with E-state index in [4.69, 9.17) is 5.11 Å². The number of aromatic nitrogens is 2. The van der Waals surface area contributed by atoms with Crippen LogP contribution in [0.2, 0.25) is 0 Å². The molecule has 100 valence electrons. The monoisotopic (exact) mass is 276 g/mol. The topological polar surface area (TPSA) is 55.1 Å². The fourth-order valence-corrected chi connectivity index (χ4v) is 2.58. The van der Waals surface area contributed by atoms with Gasteiger partial charge in [0.1, 0.15) is 0 Å². The lowest BCUT2D eigenvalue weighted by Gasteiger charge is -2.04. The van der Waals surface area contributed by atoms with Crippen LogP contribution in [-0.2, 0) is 10.5 Å². The number of aliphatic carboxylic acids is 1. The zero-order chi connectivity index (χ0) is 13.7. The van der Waals surface area contributed by atoms with Crippen LogP contribution >= 0.6 is 11.8 Å². The van der Waals surface area contributed by atoms with Gasteiger partial charge in [-0.3, -0.25) is 4.79 Å². The van der Waals surface area contributed by atoms with Crippen molar-refractivity contribution >= 4 is 17.7 Å². The third-order valence-electron chi connectivity index (χ3n) is 2.71. The summed E-state index contributed by atoms with van der Waals surface area (Å²) in [6, 6.07) is 9.91. The lowest BCUT2D eigenvalue weighted by molar-refractivity contribution is -0.140. The number of rotatable bonds is 6. The predicted octanol–water partition coefficient (Wildman–Crippen LogP) is 2.83. The molecular formula is C14H16N2O2S. The SMILES string of the molecule is CC(CSCc1cnn(-c2ccccc2)c1)C(=O)O. The number of hydrogen-bond donors (Lipinski definition) is 1. The van der Waals surface area contributed by atoms with Crippen molar-refractivity contribution in [3.05, 3.63) is 48.3 Å². The minimum atomic E-state index is -0.743. The van der Waals surface area contributed by atoms with Crippen molar-refractivity contribution in [1.29, 1.82) is 0 Å². The normalized spacial score (nSPS) is 12.3. The number of hydrogen-bond acceptors (Lipinski definition) is 3. The van der Waals surface area contributed by atoms with Gasteiger partial charge in [-0.2, -0.15) is 16.9 Å². The molecule has 0 amide bonds. The van der Waals surface area contributed by atoms with E-state index in [1.54, 1.807) is 18.7 Å². The molecular weight excluding hydrogens is 260 g/mol. The largest absolute Gasteiger partial charge is 0.481 e. The second kappa shape index (κ2) is 6.43. The first kappa shape index (κ1) is 13.7. The first-order valence-electron chi connectivity index (χ1n) is 6.06. The van der Waals surface area contributed by atoms with Crippen molar-refractivity contribution in [2.24, 2.45) is 5.92 Å². The fourth-order valence-electron chi connectivity index (χ4n) is 1.58. The van der Waals surface area contributed by atoms with Crippen LogP contribution in [0.25, 0.3) is 5.69 Å². The van der Waals surface area contributed by atoms with Gasteiger partial charge in [0.15, 0.2) is 0 Å². The maximum absolute atomic E-state index is 10.7. The summed E-state index contributed by atoms with van der Waals surface area (Å²) in [5.41, 5.74) is 2.13. The zero-order valence-corrected chi connectivity index (χ0v) is 11.5. The lowest BCUT2D eigenvalue weighted by Crippen LogP contribution is -2.11. The van der Waals surface area contributed by atoms with Crippen LogP contribution in [0.15, 0.2) is 42.7 Å². The first-order chi connectivity index (χ1) is 9.16. The summed E-state index contributed by atoms with van der Waals surface area (Å²) in [4.78, 5) is 10.7. The second-order valence-corrected chi connectivity index (χ2v) is 5.41. The third-order valence-corrected chi connectivity index (χ3v) is 3.99. The maximum atomic E-state index is 10.7. The Bertz CT molecular complexity index is 539. The summed E-state index contributed by atoms with van der Waals surface area (Å²) in [7, 11) is 0. The van der Waals surface area contributed by atoms with E-state index < -0.39 is 5.97 Å². The van der Waals surface area contributed by atoms with Gasteiger partial charge in [-0.25, -0.2) is 4.68 Å². The fraction of sp³-hybridized carbons (Fsp3) is 0.286. The van der Waals surface area contributed by atoms with Crippen LogP contribution in [0.1, 0.15) is 12.5 Å². The van der Waals surface area contributed by atoms with Crippen LogP contribution in [-0.4, -0.2) is 26.6 Å². The number of carboxylic acid groups (broad SMARTS) is 1. The summed E-state index contributed by atoms with van der Waals surface area (Å²) >= 11 is 1.62. The molecule has 0 fully saturated rings. The van der Waals surface area contributed by atoms with E-state index in [0.29, 0.717) is 5.75 Å². The van der Waals surface area contributed by atoms with Crippen LogP contribution in [0.3, 0.4) is 0 Å². The molecule has 4 nitrogen and oxygen atoms in total. The van der Waals surface area contributed by atoms with Gasteiger partial charge < -0.3 is 5.11 Å². The highest BCUT2D eigenvalue weighted by Crippen LogP contribution is 2.16. The van der Waals surface area contributed by atoms with Gasteiger partial charge in [0.2, 0.25) is 0 Å². The second-order valence-electron chi connectivity index (χ2n) is 4.38. The van der Waals surface area contributed by atoms with E-state index in [2.05, 4.69) is 5.10 Å². The average molecular weight is 276 g/mol. The molecule has 2 rings (SSSR count). The Morgan fingerprint density at radius 2 is 2.16 bits per heavy atom. The molecule has 1 heterocycles. The molecule has 0 saturated carbocycles. The molecule has 0 bridgehead atoms. The van der Waals surface area contributed by atoms with Gasteiger partial charge in [0.05, 0.1) is 17.8 Å². The van der Waals surface area contributed by atoms with Crippen LogP contribution in [0, 0.1) is 5.92 Å². The Morgan fingerprint density at radius 1 is 1.42 bits per heavy atom. The maximum Gasteiger partial charge on any atom is 0.307 e. The Balaban J connectivity index is 1.90. The van der Waals surface area contributed by atoms with Crippen molar-refractivity contribution in [3.8, 4) is 5.69 Å². The molecule has 1 N–H and O–H groups in total. The third kappa shape index (κ3) is 3.86. The molecule has 19 heavy (non-hydrogen) atoms. The summed E-state index contributed by atoms with van der Waals surface area (Å²) < 4.78 is 1.83. The van der Waals surface area contributed by atoms with Gasteiger partial charge in [-0.1, -0.05) is 25.1 Å². The molecule has 2 aromatic rings. The number of carboxylic acids is 1. The van der Waals surface area contributed by atoms with E-state index in [9.17, 15) is 4.79 Å². The van der Waals surface area contributed by atoms with E-state index in [1.165, 1.54) is 0 Å². The van der Waals surface area contributed by atoms with Gasteiger partial charge in [0, 0.05) is 23.3 Å². The number of benzene rings is 1. The molecule has 5 heteroatoms. The van der Waals surface area contributed by atoms with Crippen molar-refractivity contribution in [2.75, 3.05) is 5.75 Å². The van der Waals surface area contributed by atoms with Crippen molar-refractivity contribution in [2.45, 2.75) is 12.7 Å². The molecule has 0 aliphatic carbocycles.